The summed E-state index contributed by atoms with van der Waals surface area (Å²) < 4.78 is 50.2. The summed E-state index contributed by atoms with van der Waals surface area (Å²) in [5, 5.41) is 10.3. The van der Waals surface area contributed by atoms with Crippen molar-refractivity contribution in [1.82, 2.24) is 0 Å². The Labute approximate surface area is 199 Å². The molecule has 3 aromatic carbocycles. The number of nitrogens with zero attached hydrogens (tertiary/aromatic N) is 1. The zero-order valence-corrected chi connectivity index (χ0v) is 18.9. The van der Waals surface area contributed by atoms with Gasteiger partial charge in [-0.3, -0.25) is 9.59 Å². The minimum Gasteiger partial charge on any atom is -0.493 e. The number of carboxylic acids is 1. The zero-order valence-electron chi connectivity index (χ0n) is 18.9. The highest BCUT2D eigenvalue weighted by Gasteiger charge is 2.43. The van der Waals surface area contributed by atoms with E-state index >= 15 is 0 Å². The fourth-order valence-electron chi connectivity index (χ4n) is 4.48. The van der Waals surface area contributed by atoms with E-state index in [0.717, 1.165) is 12.1 Å². The molecule has 1 N–H and O–H groups in total. The van der Waals surface area contributed by atoms with Gasteiger partial charge in [-0.2, -0.15) is 13.2 Å². The number of anilines is 1. The second kappa shape index (κ2) is 9.32. The lowest BCUT2D eigenvalue weighted by Crippen LogP contribution is -2.39. The van der Waals surface area contributed by atoms with Crippen LogP contribution in [0.4, 0.5) is 18.9 Å². The van der Waals surface area contributed by atoms with Crippen molar-refractivity contribution in [3.05, 3.63) is 89.0 Å². The van der Waals surface area contributed by atoms with Gasteiger partial charge < -0.3 is 19.5 Å². The van der Waals surface area contributed by atoms with E-state index in [2.05, 4.69) is 0 Å². The number of ether oxygens (including phenoxy) is 2. The van der Waals surface area contributed by atoms with Crippen LogP contribution in [0.5, 0.6) is 11.5 Å². The predicted octanol–water partition coefficient (Wildman–Crippen LogP) is 5.22. The van der Waals surface area contributed by atoms with Crippen LogP contribution < -0.4 is 14.4 Å². The minimum absolute atomic E-state index is 0.106. The number of alkyl halides is 3. The standard InChI is InChI=1S/C26H22F3NO5/c1-34-20-12-7-16(13-21(20)35-2)24-23(25(32)33)19-6-4-3-5-15(19)14-22(31)30(24)18-10-8-17(9-11-18)26(27,28)29/h3-13,23-24H,14H2,1-2H3,(H,32,33)/t23-,24+/m0/s1. The molecule has 1 aliphatic heterocycles. The average Bonchev–Trinajstić information content (AvgIpc) is 2.96. The topological polar surface area (TPSA) is 76.1 Å². The van der Waals surface area contributed by atoms with Crippen LogP contribution >= 0.6 is 0 Å². The van der Waals surface area contributed by atoms with Gasteiger partial charge in [-0.1, -0.05) is 30.3 Å². The zero-order chi connectivity index (χ0) is 25.3. The van der Waals surface area contributed by atoms with Crippen molar-refractivity contribution in [3.63, 3.8) is 0 Å². The van der Waals surface area contributed by atoms with Crippen LogP contribution in [0.25, 0.3) is 0 Å². The number of fused-ring (bicyclic) bond motifs is 1. The van der Waals surface area contributed by atoms with Crippen LogP contribution in [0.2, 0.25) is 0 Å². The third-order valence-electron chi connectivity index (χ3n) is 6.08. The number of benzene rings is 3. The molecule has 0 aromatic heterocycles. The molecule has 4 rings (SSSR count). The third kappa shape index (κ3) is 4.53. The maximum atomic E-state index is 13.5. The minimum atomic E-state index is -4.55. The van der Waals surface area contributed by atoms with E-state index in [1.807, 2.05) is 0 Å². The first-order chi connectivity index (χ1) is 16.7. The van der Waals surface area contributed by atoms with Crippen LogP contribution in [-0.2, 0) is 22.2 Å². The second-order valence-corrected chi connectivity index (χ2v) is 8.06. The van der Waals surface area contributed by atoms with E-state index in [0.29, 0.717) is 28.2 Å². The molecule has 3 aromatic rings. The molecule has 0 fully saturated rings. The van der Waals surface area contributed by atoms with Crippen molar-refractivity contribution in [2.75, 3.05) is 19.1 Å². The van der Waals surface area contributed by atoms with Crippen LogP contribution in [0.3, 0.4) is 0 Å². The average molecular weight is 485 g/mol. The van der Waals surface area contributed by atoms with Gasteiger partial charge in [0.05, 0.1) is 32.2 Å². The lowest BCUT2D eigenvalue weighted by molar-refractivity contribution is -0.139. The number of methoxy groups -OCH3 is 2. The second-order valence-electron chi connectivity index (χ2n) is 8.06. The summed E-state index contributed by atoms with van der Waals surface area (Å²) in [5.41, 5.74) is 0.721. The summed E-state index contributed by atoms with van der Waals surface area (Å²) in [4.78, 5) is 27.5. The van der Waals surface area contributed by atoms with Gasteiger partial charge in [0.2, 0.25) is 5.91 Å². The fourth-order valence-corrected chi connectivity index (χ4v) is 4.48. The number of amides is 1. The quantitative estimate of drug-likeness (QED) is 0.536. The summed E-state index contributed by atoms with van der Waals surface area (Å²) in [7, 11) is 2.88. The molecule has 1 amide bonds. The SMILES string of the molecule is COc1ccc([C@@H]2[C@@H](C(=O)O)c3ccccc3CC(=O)N2c2ccc(C(F)(F)F)cc2)cc1OC. The van der Waals surface area contributed by atoms with Gasteiger partial charge in [-0.05, 0) is 53.1 Å². The highest BCUT2D eigenvalue weighted by Crippen LogP contribution is 2.45. The Balaban J connectivity index is 1.96. The molecule has 1 aliphatic rings. The van der Waals surface area contributed by atoms with E-state index in [9.17, 15) is 27.9 Å². The summed E-state index contributed by atoms with van der Waals surface area (Å²) in [5.74, 6) is -2.08. The van der Waals surface area contributed by atoms with Gasteiger partial charge >= 0.3 is 12.1 Å². The maximum Gasteiger partial charge on any atom is 0.416 e. The van der Waals surface area contributed by atoms with Gasteiger partial charge in [0.15, 0.2) is 11.5 Å². The molecule has 182 valence electrons. The van der Waals surface area contributed by atoms with Gasteiger partial charge in [0, 0.05) is 5.69 Å². The molecular weight excluding hydrogens is 463 g/mol. The number of hydrogen-bond donors (Lipinski definition) is 1. The number of carbonyl (C=O) groups is 2. The van der Waals surface area contributed by atoms with E-state index in [4.69, 9.17) is 9.47 Å². The first kappa shape index (κ1) is 24.1. The van der Waals surface area contributed by atoms with E-state index in [-0.39, 0.29) is 12.1 Å². The largest absolute Gasteiger partial charge is 0.493 e. The molecule has 0 saturated heterocycles. The number of halogens is 3. The Morgan fingerprint density at radius 3 is 2.23 bits per heavy atom. The van der Waals surface area contributed by atoms with E-state index < -0.39 is 35.6 Å². The number of carbonyl (C=O) groups excluding carboxylic acids is 1. The monoisotopic (exact) mass is 485 g/mol. The fraction of sp³-hybridized carbons (Fsp3) is 0.231. The van der Waals surface area contributed by atoms with Crippen LogP contribution in [0, 0.1) is 0 Å². The maximum absolute atomic E-state index is 13.5. The van der Waals surface area contributed by atoms with Gasteiger partial charge in [0.1, 0.15) is 5.92 Å². The van der Waals surface area contributed by atoms with Crippen molar-refractivity contribution in [2.24, 2.45) is 0 Å². The summed E-state index contributed by atoms with van der Waals surface area (Å²) in [6.45, 7) is 0. The van der Waals surface area contributed by atoms with Gasteiger partial charge in [-0.15, -0.1) is 0 Å². The molecule has 0 aliphatic carbocycles. The molecule has 0 saturated carbocycles. The van der Waals surface area contributed by atoms with Crippen LogP contribution in [0.15, 0.2) is 66.7 Å². The van der Waals surface area contributed by atoms with Crippen molar-refractivity contribution in [3.8, 4) is 11.5 Å². The van der Waals surface area contributed by atoms with Crippen molar-refractivity contribution < 1.29 is 37.3 Å². The molecule has 0 radical (unpaired) electrons. The molecular formula is C26H22F3NO5. The van der Waals surface area contributed by atoms with Crippen molar-refractivity contribution in [1.29, 1.82) is 0 Å². The van der Waals surface area contributed by atoms with Gasteiger partial charge in [-0.25, -0.2) is 0 Å². The van der Waals surface area contributed by atoms with Gasteiger partial charge in [0.25, 0.3) is 0 Å². The Morgan fingerprint density at radius 2 is 1.63 bits per heavy atom. The third-order valence-corrected chi connectivity index (χ3v) is 6.08. The molecule has 6 nitrogen and oxygen atoms in total. The first-order valence-electron chi connectivity index (χ1n) is 10.7. The smallest absolute Gasteiger partial charge is 0.416 e. The van der Waals surface area contributed by atoms with Crippen LogP contribution in [-0.4, -0.2) is 31.2 Å². The number of aliphatic carboxylic acids is 1. The molecule has 2 atom stereocenters. The Bertz CT molecular complexity index is 1260. The Morgan fingerprint density at radius 1 is 0.971 bits per heavy atom. The number of rotatable bonds is 5. The summed E-state index contributed by atoms with van der Waals surface area (Å²) >= 11 is 0. The number of carboxylic acid groups (broad SMARTS) is 1. The molecule has 0 unspecified atom stereocenters. The molecule has 0 bridgehead atoms. The Kier molecular flexibility index (Phi) is 6.43. The Hall–Kier alpha value is -4.01. The first-order valence-corrected chi connectivity index (χ1v) is 10.7. The molecule has 0 spiro atoms. The van der Waals surface area contributed by atoms with Crippen molar-refractivity contribution >= 4 is 17.6 Å². The lowest BCUT2D eigenvalue weighted by atomic mass is 9.84. The highest BCUT2D eigenvalue weighted by molar-refractivity contribution is 5.98. The summed E-state index contributed by atoms with van der Waals surface area (Å²) in [6, 6.07) is 14.6. The van der Waals surface area contributed by atoms with E-state index in [1.54, 1.807) is 42.5 Å². The highest BCUT2D eigenvalue weighted by atomic mass is 19.4. The summed E-state index contributed by atoms with van der Waals surface area (Å²) in [6.07, 6.45) is -4.66. The normalized spacial score (nSPS) is 18.0. The number of hydrogen-bond acceptors (Lipinski definition) is 4. The molecule has 1 heterocycles. The lowest BCUT2D eigenvalue weighted by Gasteiger charge is -2.34. The van der Waals surface area contributed by atoms with Crippen LogP contribution in [0.1, 0.15) is 34.2 Å². The van der Waals surface area contributed by atoms with E-state index in [1.165, 1.54) is 31.3 Å². The predicted molar refractivity (Wildman–Crippen MR) is 122 cm³/mol. The molecule has 35 heavy (non-hydrogen) atoms. The molecule has 9 heteroatoms. The van der Waals surface area contributed by atoms with Crippen molar-refractivity contribution in [2.45, 2.75) is 24.6 Å².